The molecule has 4 rings (SSSR count). The largest absolute Gasteiger partial charge is 0.368 e. The normalized spacial score (nSPS) is 14.2. The lowest BCUT2D eigenvalue weighted by molar-refractivity contribution is 0.645. The molecule has 1 aliphatic heterocycles. The van der Waals surface area contributed by atoms with Gasteiger partial charge in [0.1, 0.15) is 5.82 Å². The molecule has 0 saturated carbocycles. The van der Waals surface area contributed by atoms with E-state index in [1.165, 1.54) is 16.8 Å². The van der Waals surface area contributed by atoms with Crippen LogP contribution in [-0.2, 0) is 0 Å². The Bertz CT molecular complexity index is 948. The maximum absolute atomic E-state index is 4.90. The van der Waals surface area contributed by atoms with E-state index in [0.29, 0.717) is 0 Å². The first-order chi connectivity index (χ1) is 14.2. The van der Waals surface area contributed by atoms with Crippen molar-refractivity contribution in [1.82, 2.24) is 9.97 Å². The zero-order valence-electron chi connectivity index (χ0n) is 17.5. The summed E-state index contributed by atoms with van der Waals surface area (Å²) in [5, 5.41) is 0. The Morgan fingerprint density at radius 2 is 1.59 bits per heavy atom. The fraction of sp³-hybridized carbons (Fsp3) is 0.333. The lowest BCUT2D eigenvalue weighted by Crippen LogP contribution is -2.47. The molecule has 1 aliphatic rings. The van der Waals surface area contributed by atoms with Crippen LogP contribution in [0.15, 0.2) is 60.8 Å². The van der Waals surface area contributed by atoms with Crippen LogP contribution in [0.5, 0.6) is 0 Å². The average molecular weight is 388 g/mol. The lowest BCUT2D eigenvalue weighted by Gasteiger charge is -2.37. The van der Waals surface area contributed by atoms with Gasteiger partial charge in [0.15, 0.2) is 0 Å². The molecule has 2 aromatic carbocycles. The summed E-state index contributed by atoms with van der Waals surface area (Å²) >= 11 is 0. The van der Waals surface area contributed by atoms with Crippen molar-refractivity contribution in [2.45, 2.75) is 20.8 Å². The number of para-hydroxylation sites is 1. The quantitative estimate of drug-likeness (QED) is 0.640. The Labute approximate surface area is 173 Å². The highest BCUT2D eigenvalue weighted by Gasteiger charge is 2.21. The van der Waals surface area contributed by atoms with Gasteiger partial charge in [0.2, 0.25) is 5.95 Å². The highest BCUT2D eigenvalue weighted by molar-refractivity contribution is 5.59. The van der Waals surface area contributed by atoms with Gasteiger partial charge in [-0.25, -0.2) is 4.98 Å². The van der Waals surface area contributed by atoms with E-state index in [-0.39, 0.29) is 0 Å². The van der Waals surface area contributed by atoms with Crippen molar-refractivity contribution < 1.29 is 0 Å². The Morgan fingerprint density at radius 1 is 0.862 bits per heavy atom. The minimum atomic E-state index is 0.758. The van der Waals surface area contributed by atoms with Gasteiger partial charge >= 0.3 is 0 Å². The van der Waals surface area contributed by atoms with E-state index in [2.05, 4.69) is 70.8 Å². The first kappa shape index (κ1) is 19.2. The minimum absolute atomic E-state index is 0.758. The number of hydrogen-bond donors (Lipinski definition) is 0. The van der Waals surface area contributed by atoms with Crippen LogP contribution >= 0.6 is 0 Å². The Morgan fingerprint density at radius 3 is 2.31 bits per heavy atom. The molecule has 5 nitrogen and oxygen atoms in total. The molecule has 0 bridgehead atoms. The maximum atomic E-state index is 4.90. The molecular formula is C24H29N5. The van der Waals surface area contributed by atoms with Gasteiger partial charge in [-0.3, -0.25) is 0 Å². The van der Waals surface area contributed by atoms with E-state index >= 15 is 0 Å². The predicted molar refractivity (Wildman–Crippen MR) is 121 cm³/mol. The molecule has 3 aromatic rings. The molecular weight excluding hydrogens is 358 g/mol. The van der Waals surface area contributed by atoms with Crippen molar-refractivity contribution in [3.8, 4) is 0 Å². The van der Waals surface area contributed by atoms with Gasteiger partial charge in [-0.15, -0.1) is 0 Å². The molecule has 1 saturated heterocycles. The molecule has 1 aromatic heterocycles. The topological polar surface area (TPSA) is 35.5 Å². The monoisotopic (exact) mass is 387 g/mol. The van der Waals surface area contributed by atoms with Crippen LogP contribution in [-0.4, -0.2) is 42.7 Å². The van der Waals surface area contributed by atoms with E-state index in [0.717, 1.165) is 50.2 Å². The van der Waals surface area contributed by atoms with Crippen LogP contribution in [0.1, 0.15) is 18.1 Å². The summed E-state index contributed by atoms with van der Waals surface area (Å²) < 4.78 is 0. The molecule has 1 fully saturated rings. The van der Waals surface area contributed by atoms with Gasteiger partial charge in [-0.1, -0.05) is 30.3 Å². The molecule has 0 N–H and O–H groups in total. The SMILES string of the molecule is CCN(c1ccccc1)c1nccc(N2CCN(c3cccc(C)c3C)CC2)n1. The second kappa shape index (κ2) is 8.52. The van der Waals surface area contributed by atoms with Crippen LogP contribution in [0.3, 0.4) is 0 Å². The Hall–Kier alpha value is -3.08. The Kier molecular flexibility index (Phi) is 5.65. The van der Waals surface area contributed by atoms with E-state index in [1.807, 2.05) is 30.5 Å². The number of anilines is 4. The first-order valence-electron chi connectivity index (χ1n) is 10.4. The zero-order valence-corrected chi connectivity index (χ0v) is 17.5. The van der Waals surface area contributed by atoms with Gasteiger partial charge in [-0.2, -0.15) is 4.98 Å². The fourth-order valence-corrected chi connectivity index (χ4v) is 3.95. The molecule has 2 heterocycles. The van der Waals surface area contributed by atoms with Gasteiger partial charge in [0.25, 0.3) is 0 Å². The maximum Gasteiger partial charge on any atom is 0.231 e. The van der Waals surface area contributed by atoms with Gasteiger partial charge in [0.05, 0.1) is 0 Å². The second-order valence-corrected chi connectivity index (χ2v) is 7.49. The average Bonchev–Trinajstić information content (AvgIpc) is 2.77. The molecule has 29 heavy (non-hydrogen) atoms. The van der Waals surface area contributed by atoms with Crippen molar-refractivity contribution >= 4 is 23.1 Å². The zero-order chi connectivity index (χ0) is 20.2. The minimum Gasteiger partial charge on any atom is -0.368 e. The third-order valence-electron chi connectivity index (χ3n) is 5.77. The Balaban J connectivity index is 1.49. The summed E-state index contributed by atoms with van der Waals surface area (Å²) in [7, 11) is 0. The smallest absolute Gasteiger partial charge is 0.231 e. The van der Waals surface area contributed by atoms with Gasteiger partial charge < -0.3 is 14.7 Å². The van der Waals surface area contributed by atoms with Crippen LogP contribution in [0, 0.1) is 13.8 Å². The third-order valence-corrected chi connectivity index (χ3v) is 5.77. The van der Waals surface area contributed by atoms with Gasteiger partial charge in [-0.05, 0) is 56.2 Å². The fourth-order valence-electron chi connectivity index (χ4n) is 3.95. The number of piperazine rings is 1. The summed E-state index contributed by atoms with van der Waals surface area (Å²) in [5.74, 6) is 1.76. The second-order valence-electron chi connectivity index (χ2n) is 7.49. The van der Waals surface area contributed by atoms with Crippen molar-refractivity contribution in [2.75, 3.05) is 47.4 Å². The third kappa shape index (κ3) is 4.04. The van der Waals surface area contributed by atoms with Crippen molar-refractivity contribution in [3.63, 3.8) is 0 Å². The van der Waals surface area contributed by atoms with E-state index in [1.54, 1.807) is 0 Å². The molecule has 0 radical (unpaired) electrons. The van der Waals surface area contributed by atoms with E-state index in [9.17, 15) is 0 Å². The summed E-state index contributed by atoms with van der Waals surface area (Å²) in [6, 6.07) is 18.9. The van der Waals surface area contributed by atoms with Crippen LogP contribution in [0.4, 0.5) is 23.1 Å². The van der Waals surface area contributed by atoms with E-state index < -0.39 is 0 Å². The van der Waals surface area contributed by atoms with Crippen LogP contribution in [0.2, 0.25) is 0 Å². The van der Waals surface area contributed by atoms with Crippen LogP contribution in [0.25, 0.3) is 0 Å². The molecule has 0 aliphatic carbocycles. The summed E-state index contributed by atoms with van der Waals surface area (Å²) in [6.45, 7) is 11.3. The number of nitrogens with zero attached hydrogens (tertiary/aromatic N) is 5. The van der Waals surface area contributed by atoms with E-state index in [4.69, 9.17) is 4.98 Å². The molecule has 0 amide bonds. The first-order valence-corrected chi connectivity index (χ1v) is 10.4. The number of hydrogen-bond acceptors (Lipinski definition) is 5. The number of aryl methyl sites for hydroxylation is 1. The summed E-state index contributed by atoms with van der Waals surface area (Å²) in [6.07, 6.45) is 1.88. The summed E-state index contributed by atoms with van der Waals surface area (Å²) in [4.78, 5) is 16.4. The highest BCUT2D eigenvalue weighted by atomic mass is 15.3. The molecule has 5 heteroatoms. The van der Waals surface area contributed by atoms with Gasteiger partial charge in [0, 0.05) is 50.3 Å². The van der Waals surface area contributed by atoms with Crippen LogP contribution < -0.4 is 14.7 Å². The highest BCUT2D eigenvalue weighted by Crippen LogP contribution is 2.26. The number of benzene rings is 2. The molecule has 0 unspecified atom stereocenters. The predicted octanol–water partition coefficient (Wildman–Crippen LogP) is 4.58. The molecule has 0 atom stereocenters. The van der Waals surface area contributed by atoms with Crippen molar-refractivity contribution in [1.29, 1.82) is 0 Å². The number of rotatable bonds is 5. The molecule has 150 valence electrons. The molecule has 0 spiro atoms. The van der Waals surface area contributed by atoms with Crippen molar-refractivity contribution in [3.05, 3.63) is 71.9 Å². The number of aromatic nitrogens is 2. The van der Waals surface area contributed by atoms with Crippen molar-refractivity contribution in [2.24, 2.45) is 0 Å². The summed E-state index contributed by atoms with van der Waals surface area (Å²) in [5.41, 5.74) is 5.21. The standard InChI is InChI=1S/C24H29N5/c1-4-29(21-10-6-5-7-11-21)24-25-14-13-23(26-24)28-17-15-27(16-18-28)22-12-8-9-19(2)20(22)3/h5-14H,4,15-18H2,1-3H3. The lowest BCUT2D eigenvalue weighted by atomic mass is 10.1.